The average Bonchev–Trinajstić information content (AvgIpc) is 3.08. The van der Waals surface area contributed by atoms with E-state index in [1.807, 2.05) is 0 Å². The van der Waals surface area contributed by atoms with Crippen LogP contribution in [0.1, 0.15) is 36.0 Å². The van der Waals surface area contributed by atoms with E-state index in [0.717, 1.165) is 18.4 Å². The Morgan fingerprint density at radius 2 is 2.11 bits per heavy atom. The first-order valence-electron chi connectivity index (χ1n) is 6.94. The minimum absolute atomic E-state index is 0.168. The first kappa shape index (κ1) is 11.9. The van der Waals surface area contributed by atoms with Crippen LogP contribution < -0.4 is 0 Å². The van der Waals surface area contributed by atoms with E-state index in [2.05, 4.69) is 18.2 Å². The van der Waals surface area contributed by atoms with Crippen molar-refractivity contribution in [3.05, 3.63) is 34.9 Å². The number of rotatable bonds is 5. The lowest BCUT2D eigenvalue weighted by Crippen LogP contribution is -2.26. The summed E-state index contributed by atoms with van der Waals surface area (Å²) in [5.74, 6) is 0.731. The van der Waals surface area contributed by atoms with E-state index in [0.29, 0.717) is 12.3 Å². The van der Waals surface area contributed by atoms with Gasteiger partial charge in [0.25, 0.3) is 0 Å². The van der Waals surface area contributed by atoms with Crippen LogP contribution in [0, 0.1) is 5.92 Å². The Balaban J connectivity index is 1.70. The number of carbonyl (C=O) groups excluding carboxylic acids is 1. The molecule has 1 atom stereocenters. The SMILES string of the molecule is COC(C(=O)Cc1ccc2c(c1)CCC2)C1CC1. The molecular formula is C16H20O2. The molecule has 18 heavy (non-hydrogen) atoms. The molecule has 2 aliphatic carbocycles. The van der Waals surface area contributed by atoms with Crippen molar-refractivity contribution in [2.45, 2.75) is 44.6 Å². The third-order valence-corrected chi connectivity index (χ3v) is 4.16. The van der Waals surface area contributed by atoms with Crippen LogP contribution in [0.25, 0.3) is 0 Å². The molecule has 1 saturated carbocycles. The molecule has 1 aromatic carbocycles. The minimum Gasteiger partial charge on any atom is -0.373 e. The van der Waals surface area contributed by atoms with Crippen LogP contribution in [-0.4, -0.2) is 19.0 Å². The minimum atomic E-state index is -0.168. The van der Waals surface area contributed by atoms with E-state index in [1.54, 1.807) is 7.11 Å². The van der Waals surface area contributed by atoms with E-state index in [4.69, 9.17) is 4.74 Å². The summed E-state index contributed by atoms with van der Waals surface area (Å²) in [6.45, 7) is 0. The van der Waals surface area contributed by atoms with Gasteiger partial charge >= 0.3 is 0 Å². The molecule has 0 aliphatic heterocycles. The zero-order valence-electron chi connectivity index (χ0n) is 10.9. The molecule has 1 fully saturated rings. The quantitative estimate of drug-likeness (QED) is 0.796. The number of ether oxygens (including phenoxy) is 1. The van der Waals surface area contributed by atoms with E-state index < -0.39 is 0 Å². The number of ketones is 1. The van der Waals surface area contributed by atoms with Gasteiger partial charge in [0, 0.05) is 13.5 Å². The molecule has 3 rings (SSSR count). The second-order valence-corrected chi connectivity index (χ2v) is 5.59. The van der Waals surface area contributed by atoms with Crippen molar-refractivity contribution < 1.29 is 9.53 Å². The zero-order valence-corrected chi connectivity index (χ0v) is 10.9. The van der Waals surface area contributed by atoms with Crippen molar-refractivity contribution in [1.82, 2.24) is 0 Å². The largest absolute Gasteiger partial charge is 0.373 e. The molecule has 0 saturated heterocycles. The highest BCUT2D eigenvalue weighted by Gasteiger charge is 2.35. The molecule has 0 N–H and O–H groups in total. The van der Waals surface area contributed by atoms with Gasteiger partial charge in [-0.15, -0.1) is 0 Å². The summed E-state index contributed by atoms with van der Waals surface area (Å²) < 4.78 is 5.35. The van der Waals surface area contributed by atoms with E-state index in [-0.39, 0.29) is 11.9 Å². The van der Waals surface area contributed by atoms with Crippen molar-refractivity contribution in [2.75, 3.05) is 7.11 Å². The second kappa shape index (κ2) is 4.85. The molecule has 0 radical (unpaired) electrons. The first-order valence-corrected chi connectivity index (χ1v) is 6.94. The number of benzene rings is 1. The van der Waals surface area contributed by atoms with Gasteiger partial charge in [-0.1, -0.05) is 18.2 Å². The third-order valence-electron chi connectivity index (χ3n) is 4.16. The molecule has 2 heteroatoms. The summed E-state index contributed by atoms with van der Waals surface area (Å²) >= 11 is 0. The van der Waals surface area contributed by atoms with Crippen molar-refractivity contribution in [1.29, 1.82) is 0 Å². The van der Waals surface area contributed by atoms with Gasteiger partial charge in [-0.25, -0.2) is 0 Å². The van der Waals surface area contributed by atoms with Crippen LogP contribution in [-0.2, 0) is 28.8 Å². The number of aryl methyl sites for hydroxylation is 2. The van der Waals surface area contributed by atoms with Crippen molar-refractivity contribution in [3.63, 3.8) is 0 Å². The Labute approximate surface area is 108 Å². The van der Waals surface area contributed by atoms with Crippen LogP contribution in [0.3, 0.4) is 0 Å². The van der Waals surface area contributed by atoms with Gasteiger partial charge in [0.2, 0.25) is 0 Å². The normalized spacial score (nSPS) is 19.6. The third kappa shape index (κ3) is 2.35. The lowest BCUT2D eigenvalue weighted by Gasteiger charge is -2.13. The number of hydrogen-bond donors (Lipinski definition) is 0. The second-order valence-electron chi connectivity index (χ2n) is 5.59. The predicted molar refractivity (Wildman–Crippen MR) is 70.7 cm³/mol. The summed E-state index contributed by atoms with van der Waals surface area (Å²) in [7, 11) is 1.66. The summed E-state index contributed by atoms with van der Waals surface area (Å²) in [4.78, 5) is 12.2. The molecule has 0 amide bonds. The van der Waals surface area contributed by atoms with Gasteiger partial charge in [0.1, 0.15) is 6.10 Å². The fraction of sp³-hybridized carbons (Fsp3) is 0.562. The van der Waals surface area contributed by atoms with Crippen LogP contribution in [0.2, 0.25) is 0 Å². The van der Waals surface area contributed by atoms with Gasteiger partial charge in [-0.2, -0.15) is 0 Å². The molecule has 1 unspecified atom stereocenters. The fourth-order valence-corrected chi connectivity index (χ4v) is 3.02. The topological polar surface area (TPSA) is 26.3 Å². The Morgan fingerprint density at radius 3 is 2.83 bits per heavy atom. The first-order chi connectivity index (χ1) is 8.78. The highest BCUT2D eigenvalue weighted by Crippen LogP contribution is 2.35. The van der Waals surface area contributed by atoms with Crippen LogP contribution >= 0.6 is 0 Å². The standard InChI is InChI=1S/C16H20O2/c1-18-16(13-7-8-13)15(17)10-11-5-6-12-3-2-4-14(12)9-11/h5-6,9,13,16H,2-4,7-8,10H2,1H3. The monoisotopic (exact) mass is 244 g/mol. The molecule has 0 bridgehead atoms. The Morgan fingerprint density at radius 1 is 1.33 bits per heavy atom. The van der Waals surface area contributed by atoms with Gasteiger partial charge in [0.05, 0.1) is 0 Å². The van der Waals surface area contributed by atoms with Gasteiger partial charge in [0.15, 0.2) is 5.78 Å². The maximum absolute atomic E-state index is 12.2. The highest BCUT2D eigenvalue weighted by molar-refractivity contribution is 5.85. The molecular weight excluding hydrogens is 224 g/mol. The number of methoxy groups -OCH3 is 1. The smallest absolute Gasteiger partial charge is 0.166 e. The summed E-state index contributed by atoms with van der Waals surface area (Å²) in [6.07, 6.45) is 6.29. The summed E-state index contributed by atoms with van der Waals surface area (Å²) in [5.41, 5.74) is 4.07. The van der Waals surface area contributed by atoms with Crippen LogP contribution in [0.5, 0.6) is 0 Å². The van der Waals surface area contributed by atoms with Crippen molar-refractivity contribution in [3.8, 4) is 0 Å². The maximum Gasteiger partial charge on any atom is 0.166 e. The molecule has 0 aromatic heterocycles. The van der Waals surface area contributed by atoms with Crippen LogP contribution in [0.4, 0.5) is 0 Å². The molecule has 1 aromatic rings. The molecule has 2 nitrogen and oxygen atoms in total. The van der Waals surface area contributed by atoms with Crippen molar-refractivity contribution in [2.24, 2.45) is 5.92 Å². The Bertz CT molecular complexity index is 460. The average molecular weight is 244 g/mol. The van der Waals surface area contributed by atoms with E-state index in [9.17, 15) is 4.79 Å². The Kier molecular flexibility index (Phi) is 3.21. The lowest BCUT2D eigenvalue weighted by atomic mass is 9.99. The van der Waals surface area contributed by atoms with E-state index in [1.165, 1.54) is 30.4 Å². The summed E-state index contributed by atoms with van der Waals surface area (Å²) in [5, 5.41) is 0. The summed E-state index contributed by atoms with van der Waals surface area (Å²) in [6, 6.07) is 6.53. The maximum atomic E-state index is 12.2. The number of fused-ring (bicyclic) bond motifs is 1. The van der Waals surface area contributed by atoms with Gasteiger partial charge in [-0.05, 0) is 54.7 Å². The molecule has 2 aliphatic rings. The van der Waals surface area contributed by atoms with Crippen molar-refractivity contribution >= 4 is 5.78 Å². The van der Waals surface area contributed by atoms with Gasteiger partial charge in [-0.3, -0.25) is 4.79 Å². The van der Waals surface area contributed by atoms with Crippen LogP contribution in [0.15, 0.2) is 18.2 Å². The highest BCUT2D eigenvalue weighted by atomic mass is 16.5. The van der Waals surface area contributed by atoms with E-state index >= 15 is 0 Å². The number of Topliss-reactive ketones (excluding diaryl/α,β-unsaturated/α-hetero) is 1. The zero-order chi connectivity index (χ0) is 12.5. The molecule has 96 valence electrons. The van der Waals surface area contributed by atoms with Gasteiger partial charge < -0.3 is 4.74 Å². The number of hydrogen-bond acceptors (Lipinski definition) is 2. The fourth-order valence-electron chi connectivity index (χ4n) is 3.02. The molecule has 0 heterocycles. The Hall–Kier alpha value is -1.15. The molecule has 0 spiro atoms. The lowest BCUT2D eigenvalue weighted by molar-refractivity contribution is -0.129. The number of carbonyl (C=O) groups is 1. The predicted octanol–water partition coefficient (Wildman–Crippen LogP) is 2.71.